The third-order valence-electron chi connectivity index (χ3n) is 6.30. The van der Waals surface area contributed by atoms with Crippen LogP contribution in [0, 0.1) is 0 Å². The number of rotatable bonds is 8. The van der Waals surface area contributed by atoms with Gasteiger partial charge in [0.25, 0.3) is 5.56 Å². The molecule has 36 heavy (non-hydrogen) atoms. The van der Waals surface area contributed by atoms with Gasteiger partial charge in [-0.15, -0.1) is 11.8 Å². The van der Waals surface area contributed by atoms with Crippen molar-refractivity contribution >= 4 is 34.3 Å². The minimum atomic E-state index is -4.58. The van der Waals surface area contributed by atoms with Crippen molar-refractivity contribution in [2.75, 3.05) is 32.6 Å². The number of methoxy groups -OCH3 is 1. The Morgan fingerprint density at radius 2 is 2.06 bits per heavy atom. The van der Waals surface area contributed by atoms with Crippen molar-refractivity contribution in [1.82, 2.24) is 9.88 Å². The number of aromatic amines is 1. The maximum Gasteiger partial charge on any atom is 0.416 e. The largest absolute Gasteiger partial charge is 0.496 e. The van der Waals surface area contributed by atoms with Crippen molar-refractivity contribution in [2.45, 2.75) is 36.1 Å². The van der Waals surface area contributed by atoms with Crippen LogP contribution in [0.5, 0.6) is 5.75 Å². The monoisotopic (exact) mass is 542 g/mol. The highest BCUT2D eigenvalue weighted by Crippen LogP contribution is 2.42. The number of halogens is 4. The minimum absolute atomic E-state index is 0.00442. The maximum absolute atomic E-state index is 13.6. The normalized spacial score (nSPS) is 17.6. The van der Waals surface area contributed by atoms with Crippen LogP contribution in [0.15, 0.2) is 46.1 Å². The van der Waals surface area contributed by atoms with Crippen molar-refractivity contribution in [3.8, 4) is 16.9 Å². The minimum Gasteiger partial charge on any atom is -0.496 e. The molecule has 1 aliphatic rings. The van der Waals surface area contributed by atoms with Gasteiger partial charge in [-0.3, -0.25) is 9.69 Å². The van der Waals surface area contributed by atoms with Gasteiger partial charge in [0, 0.05) is 45.4 Å². The van der Waals surface area contributed by atoms with E-state index in [4.69, 9.17) is 16.3 Å². The summed E-state index contributed by atoms with van der Waals surface area (Å²) in [6, 6.07) is 7.85. The number of H-pyrrole nitrogens is 1. The van der Waals surface area contributed by atoms with Gasteiger partial charge < -0.3 is 19.9 Å². The van der Waals surface area contributed by atoms with Gasteiger partial charge in [0.05, 0.1) is 30.3 Å². The van der Waals surface area contributed by atoms with Crippen LogP contribution in [-0.2, 0) is 6.18 Å². The van der Waals surface area contributed by atoms with Crippen LogP contribution >= 0.6 is 23.4 Å². The number of hydrogen-bond acceptors (Lipinski definition) is 6. The van der Waals surface area contributed by atoms with Gasteiger partial charge in [0.1, 0.15) is 5.75 Å². The Labute approximate surface area is 215 Å². The van der Waals surface area contributed by atoms with E-state index in [1.54, 1.807) is 18.2 Å². The second-order valence-corrected chi connectivity index (χ2v) is 10.2. The number of pyridine rings is 1. The number of β-amino-alcohol motifs (C(OH)–C–C–N with tert-alkyl or cyclic N) is 1. The first-order chi connectivity index (χ1) is 17.1. The Morgan fingerprint density at radius 3 is 2.75 bits per heavy atom. The number of hydrogen-bond donors (Lipinski definition) is 3. The Kier molecular flexibility index (Phi) is 8.21. The molecule has 0 aliphatic carbocycles. The van der Waals surface area contributed by atoms with Gasteiger partial charge in [-0.05, 0) is 55.8 Å². The summed E-state index contributed by atoms with van der Waals surface area (Å²) in [4.78, 5) is 18.0. The topological polar surface area (TPSA) is 85.8 Å². The number of ether oxygens (including phenoxy) is 1. The predicted molar refractivity (Wildman–Crippen MR) is 135 cm³/mol. The summed E-state index contributed by atoms with van der Waals surface area (Å²) in [6.07, 6.45) is -3.63. The number of aromatic nitrogens is 1. The molecule has 0 radical (unpaired) electrons. The first-order valence-electron chi connectivity index (χ1n) is 11.4. The van der Waals surface area contributed by atoms with Crippen LogP contribution in [0.2, 0.25) is 5.02 Å². The zero-order valence-electron chi connectivity index (χ0n) is 19.4. The summed E-state index contributed by atoms with van der Waals surface area (Å²) in [6.45, 7) is 1.08. The predicted octanol–water partition coefficient (Wildman–Crippen LogP) is 4.79. The molecule has 1 saturated heterocycles. The highest BCUT2D eigenvalue weighted by Gasteiger charge is 2.32. The number of likely N-dealkylation sites (tertiary alicyclic amines) is 1. The fraction of sp³-hybridized carbons (Fsp3) is 0.400. The highest BCUT2D eigenvalue weighted by atomic mass is 35.5. The highest BCUT2D eigenvalue weighted by molar-refractivity contribution is 7.99. The van der Waals surface area contributed by atoms with E-state index in [1.807, 2.05) is 4.90 Å². The van der Waals surface area contributed by atoms with Crippen LogP contribution < -0.4 is 10.3 Å². The zero-order valence-corrected chi connectivity index (χ0v) is 21.0. The Morgan fingerprint density at radius 1 is 1.28 bits per heavy atom. The zero-order chi connectivity index (χ0) is 26.0. The molecule has 2 atom stereocenters. The Balaban J connectivity index is 1.80. The SMILES string of the molecule is COc1ccc(Cl)cc1-c1c(SCC(O)CN2CCCC2CO)c(=O)[nH]c2ccc(C(F)(F)F)cc12. The van der Waals surface area contributed by atoms with Crippen molar-refractivity contribution in [3.63, 3.8) is 0 Å². The first-order valence-corrected chi connectivity index (χ1v) is 12.8. The molecule has 11 heteroatoms. The quantitative estimate of drug-likeness (QED) is 0.355. The summed E-state index contributed by atoms with van der Waals surface area (Å²) in [5.74, 6) is 0.465. The lowest BCUT2D eigenvalue weighted by molar-refractivity contribution is -0.137. The van der Waals surface area contributed by atoms with E-state index in [0.29, 0.717) is 22.9 Å². The van der Waals surface area contributed by atoms with Gasteiger partial charge >= 0.3 is 6.18 Å². The smallest absolute Gasteiger partial charge is 0.416 e. The third-order valence-corrected chi connectivity index (χ3v) is 7.77. The molecule has 0 bridgehead atoms. The molecule has 2 unspecified atom stereocenters. The average molecular weight is 543 g/mol. The van der Waals surface area contributed by atoms with Gasteiger partial charge in [-0.25, -0.2) is 0 Å². The Hall–Kier alpha value is -2.24. The van der Waals surface area contributed by atoms with E-state index in [2.05, 4.69) is 4.98 Å². The molecule has 2 aromatic carbocycles. The van der Waals surface area contributed by atoms with Crippen molar-refractivity contribution in [1.29, 1.82) is 0 Å². The third kappa shape index (κ3) is 5.68. The lowest BCUT2D eigenvalue weighted by Gasteiger charge is -2.25. The number of nitrogens with zero attached hydrogens (tertiary/aromatic N) is 1. The van der Waals surface area contributed by atoms with E-state index < -0.39 is 23.4 Å². The van der Waals surface area contributed by atoms with Crippen LogP contribution in [0.25, 0.3) is 22.0 Å². The molecule has 0 spiro atoms. The van der Waals surface area contributed by atoms with Crippen LogP contribution in [-0.4, -0.2) is 64.8 Å². The van der Waals surface area contributed by atoms with E-state index in [9.17, 15) is 28.2 Å². The molecule has 0 amide bonds. The van der Waals surface area contributed by atoms with Crippen molar-refractivity contribution in [2.24, 2.45) is 0 Å². The van der Waals surface area contributed by atoms with Crippen LogP contribution in [0.3, 0.4) is 0 Å². The number of alkyl halides is 3. The summed E-state index contributed by atoms with van der Waals surface area (Å²) >= 11 is 7.29. The number of nitrogens with one attached hydrogen (secondary N) is 1. The van der Waals surface area contributed by atoms with Gasteiger partial charge in [-0.2, -0.15) is 13.2 Å². The van der Waals surface area contributed by atoms with E-state index in [0.717, 1.165) is 43.3 Å². The first kappa shape index (κ1) is 26.8. The van der Waals surface area contributed by atoms with Gasteiger partial charge in [0.15, 0.2) is 0 Å². The molecular weight excluding hydrogens is 517 g/mol. The summed E-state index contributed by atoms with van der Waals surface area (Å²) in [7, 11) is 1.42. The molecular formula is C25H26ClF3N2O4S. The maximum atomic E-state index is 13.6. The lowest BCUT2D eigenvalue weighted by atomic mass is 9.98. The number of aliphatic hydroxyl groups is 2. The standard InChI is InChI=1S/C25H26ClF3N2O4S/c1-35-21-7-5-15(26)10-19(21)22-18-9-14(25(27,28)29)4-6-20(18)30-24(34)23(22)36-13-17(33)11-31-8-2-3-16(31)12-32/h4-7,9-10,16-17,32-33H,2-3,8,11-13H2,1H3,(H,30,34). The second-order valence-electron chi connectivity index (χ2n) is 8.70. The van der Waals surface area contributed by atoms with Crippen molar-refractivity contribution < 1.29 is 28.1 Å². The van der Waals surface area contributed by atoms with E-state index >= 15 is 0 Å². The summed E-state index contributed by atoms with van der Waals surface area (Å²) in [5.41, 5.74) is -0.490. The molecule has 3 aromatic rings. The molecule has 6 nitrogen and oxygen atoms in total. The average Bonchev–Trinajstić information content (AvgIpc) is 3.28. The molecule has 0 saturated carbocycles. The lowest BCUT2D eigenvalue weighted by Crippen LogP contribution is -2.39. The number of benzene rings is 2. The Bertz CT molecular complexity index is 1300. The molecule has 1 aromatic heterocycles. The molecule has 1 fully saturated rings. The number of thioether (sulfide) groups is 1. The van der Waals surface area contributed by atoms with Gasteiger partial charge in [-0.1, -0.05) is 11.6 Å². The summed E-state index contributed by atoms with van der Waals surface area (Å²) < 4.78 is 46.2. The number of aliphatic hydroxyl groups excluding tert-OH is 2. The molecule has 1 aliphatic heterocycles. The van der Waals surface area contributed by atoms with Crippen LogP contribution in [0.4, 0.5) is 13.2 Å². The van der Waals surface area contributed by atoms with E-state index in [-0.39, 0.29) is 39.8 Å². The molecule has 2 heterocycles. The number of fused-ring (bicyclic) bond motifs is 1. The fourth-order valence-electron chi connectivity index (χ4n) is 4.58. The summed E-state index contributed by atoms with van der Waals surface area (Å²) in [5, 5.41) is 20.7. The van der Waals surface area contributed by atoms with Crippen molar-refractivity contribution in [3.05, 3.63) is 57.3 Å². The van der Waals surface area contributed by atoms with Crippen LogP contribution in [0.1, 0.15) is 18.4 Å². The van der Waals surface area contributed by atoms with Gasteiger partial charge in [0.2, 0.25) is 0 Å². The molecule has 194 valence electrons. The molecule has 3 N–H and O–H groups in total. The molecule has 4 rings (SSSR count). The second kappa shape index (κ2) is 11.0. The fourth-order valence-corrected chi connectivity index (χ4v) is 5.76. The van der Waals surface area contributed by atoms with E-state index in [1.165, 1.54) is 13.2 Å².